The lowest BCUT2D eigenvalue weighted by Crippen LogP contribution is -2.37. The number of carbonyl (C=O) groups excluding carboxylic acids is 1. The normalized spacial score (nSPS) is 11.4. The average molecular weight is 414 g/mol. The molecule has 1 aromatic carbocycles. The van der Waals surface area contributed by atoms with E-state index in [1.54, 1.807) is 18.5 Å². The molecule has 3 rings (SSSR count). The summed E-state index contributed by atoms with van der Waals surface area (Å²) in [5, 5.41) is 0.476. The predicted octanol–water partition coefficient (Wildman–Crippen LogP) is 1.80. The smallest absolute Gasteiger partial charge is 0.332 e. The molecular formula is C20H22N4O4S. The summed E-state index contributed by atoms with van der Waals surface area (Å²) in [5.41, 5.74) is 0.759. The molecule has 8 nitrogen and oxygen atoms in total. The Morgan fingerprint density at radius 2 is 1.90 bits per heavy atom. The van der Waals surface area contributed by atoms with E-state index in [0.29, 0.717) is 23.8 Å². The van der Waals surface area contributed by atoms with E-state index >= 15 is 0 Å². The van der Waals surface area contributed by atoms with Gasteiger partial charge in [-0.2, -0.15) is 0 Å². The van der Waals surface area contributed by atoms with Crippen LogP contribution in [0.2, 0.25) is 0 Å². The van der Waals surface area contributed by atoms with Gasteiger partial charge in [0.1, 0.15) is 0 Å². The fourth-order valence-corrected chi connectivity index (χ4v) is 3.69. The molecule has 29 heavy (non-hydrogen) atoms. The number of allylic oxidation sites excluding steroid dienone is 1. The lowest BCUT2D eigenvalue weighted by molar-refractivity contribution is -0.139. The minimum atomic E-state index is -0.450. The third kappa shape index (κ3) is 4.34. The molecule has 0 radical (unpaired) electrons. The Morgan fingerprint density at radius 1 is 1.17 bits per heavy atom. The molecule has 0 amide bonds. The van der Waals surface area contributed by atoms with E-state index in [1.165, 1.54) is 23.4 Å². The first-order valence-corrected chi connectivity index (χ1v) is 10.1. The van der Waals surface area contributed by atoms with Crippen molar-refractivity contribution in [3.05, 3.63) is 62.8 Å². The van der Waals surface area contributed by atoms with E-state index in [4.69, 9.17) is 4.74 Å². The highest BCUT2D eigenvalue weighted by Gasteiger charge is 2.19. The zero-order valence-corrected chi connectivity index (χ0v) is 17.3. The van der Waals surface area contributed by atoms with Gasteiger partial charge in [0.15, 0.2) is 16.3 Å². The van der Waals surface area contributed by atoms with Gasteiger partial charge >= 0.3 is 11.7 Å². The van der Waals surface area contributed by atoms with Crippen LogP contribution < -0.4 is 11.2 Å². The summed E-state index contributed by atoms with van der Waals surface area (Å²) in [4.78, 5) is 41.3. The van der Waals surface area contributed by atoms with Crippen molar-refractivity contribution < 1.29 is 9.53 Å². The predicted molar refractivity (Wildman–Crippen MR) is 113 cm³/mol. The molecule has 2 aromatic heterocycles. The highest BCUT2D eigenvalue weighted by Crippen LogP contribution is 2.22. The molecule has 0 saturated heterocycles. The summed E-state index contributed by atoms with van der Waals surface area (Å²) in [6.07, 6.45) is 3.85. The molecule has 0 aliphatic heterocycles. The molecule has 2 heterocycles. The van der Waals surface area contributed by atoms with Crippen molar-refractivity contribution in [3.63, 3.8) is 0 Å². The van der Waals surface area contributed by atoms with Gasteiger partial charge < -0.3 is 9.30 Å². The number of fused-ring (bicyclic) bond motifs is 1. The number of hydrogen-bond donors (Lipinski definition) is 0. The maximum absolute atomic E-state index is 12.8. The Balaban J connectivity index is 2.04. The minimum Gasteiger partial charge on any atom is -0.465 e. The van der Waals surface area contributed by atoms with Crippen LogP contribution in [0.15, 0.2) is 51.2 Å². The van der Waals surface area contributed by atoms with E-state index in [0.717, 1.165) is 10.1 Å². The van der Waals surface area contributed by atoms with E-state index in [2.05, 4.69) is 4.98 Å². The van der Waals surface area contributed by atoms with Crippen molar-refractivity contribution in [1.29, 1.82) is 0 Å². The van der Waals surface area contributed by atoms with Crippen molar-refractivity contribution >= 4 is 35.0 Å². The van der Waals surface area contributed by atoms with E-state index in [9.17, 15) is 14.4 Å². The quantitative estimate of drug-likeness (QED) is 0.433. The number of nitrogens with zero attached hydrogens (tertiary/aromatic N) is 4. The van der Waals surface area contributed by atoms with Crippen molar-refractivity contribution in [2.24, 2.45) is 14.1 Å². The third-order valence-corrected chi connectivity index (χ3v) is 5.29. The Morgan fingerprint density at radius 3 is 2.59 bits per heavy atom. The SMILES string of the molecule is CCOC(=O)CSc1nc2c(c(=O)n(C)c(=O)n2C)n1C/C=C/c1ccccc1. The molecule has 0 atom stereocenters. The number of rotatable bonds is 7. The molecule has 0 saturated carbocycles. The van der Waals surface area contributed by atoms with Crippen molar-refractivity contribution in [2.75, 3.05) is 12.4 Å². The van der Waals surface area contributed by atoms with Gasteiger partial charge in [-0.3, -0.25) is 18.7 Å². The number of thioether (sulfide) groups is 1. The second kappa shape index (κ2) is 8.95. The monoisotopic (exact) mass is 414 g/mol. The third-order valence-electron chi connectivity index (χ3n) is 4.34. The van der Waals surface area contributed by atoms with Gasteiger partial charge in [-0.1, -0.05) is 54.2 Å². The van der Waals surface area contributed by atoms with Crippen LogP contribution in [0.4, 0.5) is 0 Å². The number of hydrogen-bond acceptors (Lipinski definition) is 6. The fourth-order valence-electron chi connectivity index (χ4n) is 2.89. The second-order valence-electron chi connectivity index (χ2n) is 6.29. The number of imidazole rings is 1. The maximum Gasteiger partial charge on any atom is 0.332 e. The zero-order valence-electron chi connectivity index (χ0n) is 16.5. The van der Waals surface area contributed by atoms with Crippen LogP contribution in [0.5, 0.6) is 0 Å². The molecule has 9 heteroatoms. The molecular weight excluding hydrogens is 392 g/mol. The van der Waals surface area contributed by atoms with Crippen LogP contribution in [0, 0.1) is 0 Å². The number of ether oxygens (including phenoxy) is 1. The fraction of sp³-hybridized carbons (Fsp3) is 0.300. The topological polar surface area (TPSA) is 88.1 Å². The number of esters is 1. The summed E-state index contributed by atoms with van der Waals surface area (Å²) >= 11 is 1.18. The Labute approximate surface area is 171 Å². The van der Waals surface area contributed by atoms with Crippen LogP contribution in [0.1, 0.15) is 12.5 Å². The minimum absolute atomic E-state index is 0.0633. The number of aromatic nitrogens is 4. The number of aryl methyl sites for hydroxylation is 1. The Hall–Kier alpha value is -3.07. The molecule has 3 aromatic rings. The summed E-state index contributed by atoms with van der Waals surface area (Å²) in [6.45, 7) is 2.40. The lowest BCUT2D eigenvalue weighted by Gasteiger charge is -2.07. The van der Waals surface area contributed by atoms with Crippen molar-refractivity contribution in [1.82, 2.24) is 18.7 Å². The molecule has 0 unspecified atom stereocenters. The van der Waals surface area contributed by atoms with Crippen molar-refractivity contribution in [3.8, 4) is 0 Å². The van der Waals surface area contributed by atoms with Gasteiger partial charge in [-0.05, 0) is 12.5 Å². The second-order valence-corrected chi connectivity index (χ2v) is 7.23. The number of benzene rings is 1. The van der Waals surface area contributed by atoms with Crippen LogP contribution >= 0.6 is 11.8 Å². The summed E-state index contributed by atoms with van der Waals surface area (Å²) in [5.74, 6) is -0.300. The molecule has 0 fully saturated rings. The standard InChI is InChI=1S/C20H22N4O4S/c1-4-28-15(25)13-29-19-21-17-16(18(26)23(3)20(27)22(17)2)24(19)12-8-11-14-9-6-5-7-10-14/h5-11H,4,12-13H2,1-3H3/b11-8+. The summed E-state index contributed by atoms with van der Waals surface area (Å²) in [6, 6.07) is 9.77. The first-order valence-electron chi connectivity index (χ1n) is 9.10. The summed E-state index contributed by atoms with van der Waals surface area (Å²) in [7, 11) is 3.01. The van der Waals surface area contributed by atoms with Crippen molar-refractivity contribution in [2.45, 2.75) is 18.6 Å². The van der Waals surface area contributed by atoms with Gasteiger partial charge in [0.2, 0.25) is 0 Å². The molecule has 0 bridgehead atoms. The molecule has 0 spiro atoms. The number of carbonyl (C=O) groups is 1. The first-order chi connectivity index (χ1) is 13.9. The zero-order chi connectivity index (χ0) is 21.0. The van der Waals surface area contributed by atoms with Gasteiger partial charge in [0.25, 0.3) is 5.56 Å². The molecule has 0 aliphatic carbocycles. The van der Waals surface area contributed by atoms with E-state index < -0.39 is 11.2 Å². The van der Waals surface area contributed by atoms with Crippen LogP contribution in [-0.2, 0) is 30.2 Å². The largest absolute Gasteiger partial charge is 0.465 e. The summed E-state index contributed by atoms with van der Waals surface area (Å²) < 4.78 is 9.09. The molecule has 0 N–H and O–H groups in total. The lowest BCUT2D eigenvalue weighted by atomic mass is 10.2. The first kappa shape index (κ1) is 20.7. The van der Waals surface area contributed by atoms with E-state index in [1.807, 2.05) is 42.5 Å². The average Bonchev–Trinajstić information content (AvgIpc) is 3.09. The Kier molecular flexibility index (Phi) is 6.38. The Bertz CT molecular complexity index is 1180. The van der Waals surface area contributed by atoms with Gasteiger partial charge in [-0.25, -0.2) is 9.78 Å². The van der Waals surface area contributed by atoms with Gasteiger partial charge in [-0.15, -0.1) is 0 Å². The highest BCUT2D eigenvalue weighted by atomic mass is 32.2. The highest BCUT2D eigenvalue weighted by molar-refractivity contribution is 7.99. The maximum atomic E-state index is 12.8. The molecule has 0 aliphatic rings. The van der Waals surface area contributed by atoms with Crippen LogP contribution in [-0.4, -0.2) is 37.0 Å². The van der Waals surface area contributed by atoms with E-state index in [-0.39, 0.29) is 17.4 Å². The molecule has 152 valence electrons. The van der Waals surface area contributed by atoms with Crippen LogP contribution in [0.25, 0.3) is 17.2 Å². The van der Waals surface area contributed by atoms with Gasteiger partial charge in [0, 0.05) is 20.6 Å². The van der Waals surface area contributed by atoms with Crippen LogP contribution in [0.3, 0.4) is 0 Å². The van der Waals surface area contributed by atoms with Gasteiger partial charge in [0.05, 0.1) is 12.4 Å².